The van der Waals surface area contributed by atoms with Crippen molar-refractivity contribution in [3.63, 3.8) is 0 Å². The first kappa shape index (κ1) is 46.1. The molecular formula is C80H48O2. The predicted octanol–water partition coefficient (Wildman–Crippen LogP) is 23.1. The topological polar surface area (TPSA) is 26.3 Å². The van der Waals surface area contributed by atoms with E-state index in [-0.39, 0.29) is 0 Å². The lowest BCUT2D eigenvalue weighted by molar-refractivity contribution is 0.673. The van der Waals surface area contributed by atoms with E-state index in [0.29, 0.717) is 0 Å². The van der Waals surface area contributed by atoms with E-state index in [4.69, 9.17) is 8.83 Å². The second kappa shape index (κ2) is 18.4. The van der Waals surface area contributed by atoms with Gasteiger partial charge in [-0.3, -0.25) is 0 Å². The van der Waals surface area contributed by atoms with Gasteiger partial charge in [0.1, 0.15) is 22.3 Å². The third-order valence-electron chi connectivity index (χ3n) is 17.3. The van der Waals surface area contributed by atoms with Gasteiger partial charge in [-0.15, -0.1) is 0 Å². The molecule has 2 aromatic heterocycles. The van der Waals surface area contributed by atoms with E-state index in [0.717, 1.165) is 49.4 Å². The Morgan fingerprint density at radius 3 is 0.927 bits per heavy atom. The molecule has 0 aliphatic heterocycles. The molecule has 2 heteroatoms. The molecule has 0 atom stereocenters. The monoisotopic (exact) mass is 1040 g/mol. The van der Waals surface area contributed by atoms with Crippen LogP contribution in [0.2, 0.25) is 0 Å². The Morgan fingerprint density at radius 2 is 0.488 bits per heavy atom. The minimum absolute atomic E-state index is 0.916. The highest BCUT2D eigenvalue weighted by atomic mass is 16.3. The zero-order valence-electron chi connectivity index (χ0n) is 44.5. The minimum Gasteiger partial charge on any atom is -0.455 e. The highest BCUT2D eigenvalue weighted by molar-refractivity contribution is 6.33. The van der Waals surface area contributed by atoms with Gasteiger partial charge in [0.25, 0.3) is 0 Å². The van der Waals surface area contributed by atoms with E-state index >= 15 is 0 Å². The van der Waals surface area contributed by atoms with E-state index in [1.807, 2.05) is 0 Å². The van der Waals surface area contributed by atoms with Crippen LogP contribution in [0.5, 0.6) is 0 Å². The summed E-state index contributed by atoms with van der Waals surface area (Å²) in [6.07, 6.45) is 0. The maximum absolute atomic E-state index is 6.97. The van der Waals surface area contributed by atoms with Gasteiger partial charge in [0, 0.05) is 43.4 Å². The largest absolute Gasteiger partial charge is 0.455 e. The summed E-state index contributed by atoms with van der Waals surface area (Å²) in [6.45, 7) is 0. The summed E-state index contributed by atoms with van der Waals surface area (Å²) in [5.74, 6) is 0. The molecule has 0 radical (unpaired) electrons. The molecule has 0 bridgehead atoms. The van der Waals surface area contributed by atoms with Gasteiger partial charge >= 0.3 is 0 Å². The molecule has 380 valence electrons. The number of benzene rings is 16. The molecule has 0 fully saturated rings. The molecule has 18 rings (SSSR count). The first-order chi connectivity index (χ1) is 40.7. The summed E-state index contributed by atoms with van der Waals surface area (Å²) >= 11 is 0. The van der Waals surface area contributed by atoms with Crippen LogP contribution in [-0.2, 0) is 0 Å². The molecule has 0 N–H and O–H groups in total. The maximum atomic E-state index is 6.97. The number of furan rings is 2. The Bertz CT molecular complexity index is 5470. The average molecular weight is 1040 g/mol. The fourth-order valence-corrected chi connectivity index (χ4v) is 13.9. The third kappa shape index (κ3) is 6.89. The zero-order valence-corrected chi connectivity index (χ0v) is 44.5. The van der Waals surface area contributed by atoms with Crippen molar-refractivity contribution in [1.29, 1.82) is 0 Å². The van der Waals surface area contributed by atoms with Crippen molar-refractivity contribution in [2.75, 3.05) is 0 Å². The maximum Gasteiger partial charge on any atom is 0.143 e. The predicted molar refractivity (Wildman–Crippen MR) is 349 cm³/mol. The van der Waals surface area contributed by atoms with Crippen LogP contribution in [0.25, 0.3) is 175 Å². The quantitative estimate of drug-likeness (QED) is 0.130. The van der Waals surface area contributed by atoms with Crippen LogP contribution in [-0.4, -0.2) is 0 Å². The molecule has 0 aliphatic carbocycles. The zero-order chi connectivity index (χ0) is 53.8. The highest BCUT2D eigenvalue weighted by Gasteiger charge is 2.24. The van der Waals surface area contributed by atoms with E-state index in [9.17, 15) is 0 Å². The van der Waals surface area contributed by atoms with Gasteiger partial charge in [0.15, 0.2) is 0 Å². The van der Waals surface area contributed by atoms with Crippen LogP contribution in [0.3, 0.4) is 0 Å². The third-order valence-corrected chi connectivity index (χ3v) is 17.3. The summed E-state index contributed by atoms with van der Waals surface area (Å²) in [5.41, 5.74) is 13.6. The van der Waals surface area contributed by atoms with Crippen LogP contribution in [0, 0.1) is 0 Å². The smallest absolute Gasteiger partial charge is 0.143 e. The van der Waals surface area contributed by atoms with Crippen molar-refractivity contribution in [2.45, 2.75) is 0 Å². The van der Waals surface area contributed by atoms with Gasteiger partial charge in [0.2, 0.25) is 0 Å². The van der Waals surface area contributed by atoms with Crippen LogP contribution in [0.4, 0.5) is 0 Å². The summed E-state index contributed by atoms with van der Waals surface area (Å²) in [6, 6.07) is 105. The number of rotatable bonds is 4. The summed E-state index contributed by atoms with van der Waals surface area (Å²) in [5, 5.41) is 24.4. The Labute approximate surface area is 471 Å². The SMILES string of the molecule is c1ccc(-c2c3ccccc3c(-c3ccc4oc5c6ccccc6c6ccccc6c5c4c3)c3ccccc23)cc1.c1ccc(-c2c3ccccc3c(-c3cccc4c3oc3c5ccccc5c5ccccc5c43)c3ccccc23)cc1. The van der Waals surface area contributed by atoms with Crippen molar-refractivity contribution >= 4 is 130 Å². The molecule has 0 unspecified atom stereocenters. The Hall–Kier alpha value is -10.8. The molecule has 0 saturated carbocycles. The van der Waals surface area contributed by atoms with Gasteiger partial charge in [-0.2, -0.15) is 0 Å². The van der Waals surface area contributed by atoms with Gasteiger partial charge in [-0.25, -0.2) is 0 Å². The van der Waals surface area contributed by atoms with Gasteiger partial charge in [-0.05, 0) is 121 Å². The lowest BCUT2D eigenvalue weighted by Crippen LogP contribution is -1.90. The van der Waals surface area contributed by atoms with Crippen molar-refractivity contribution in [1.82, 2.24) is 0 Å². The Balaban J connectivity index is 0.000000130. The highest BCUT2D eigenvalue weighted by Crippen LogP contribution is 2.50. The average Bonchev–Trinajstić information content (AvgIpc) is 2.34. The molecule has 18 aromatic rings. The lowest BCUT2D eigenvalue weighted by atomic mass is 9.85. The molecule has 2 nitrogen and oxygen atoms in total. The number of hydrogen-bond donors (Lipinski definition) is 0. The fourth-order valence-electron chi connectivity index (χ4n) is 13.9. The second-order valence-electron chi connectivity index (χ2n) is 21.6. The summed E-state index contributed by atoms with van der Waals surface area (Å²) in [4.78, 5) is 0. The van der Waals surface area contributed by atoms with Crippen LogP contribution >= 0.6 is 0 Å². The van der Waals surface area contributed by atoms with E-state index in [1.54, 1.807) is 0 Å². The lowest BCUT2D eigenvalue weighted by Gasteiger charge is -2.17. The van der Waals surface area contributed by atoms with Crippen molar-refractivity contribution in [3.8, 4) is 44.5 Å². The normalized spacial score (nSPS) is 11.9. The molecule has 0 spiro atoms. The fraction of sp³-hybridized carbons (Fsp3) is 0. The first-order valence-electron chi connectivity index (χ1n) is 28.2. The second-order valence-corrected chi connectivity index (χ2v) is 21.6. The Kier molecular flexibility index (Phi) is 10.3. The Morgan fingerprint density at radius 1 is 0.171 bits per heavy atom. The molecule has 0 amide bonds. The van der Waals surface area contributed by atoms with Crippen LogP contribution in [0.15, 0.2) is 300 Å². The minimum atomic E-state index is 0.916. The standard InChI is InChI=1S/2C40H24O/c1-2-13-25(14-3-1)36-29-18-7-9-20-31(29)37(32-21-10-8-19-30(32)36)34-23-12-24-35-38-28-17-6-4-15-26(28)27-16-5-11-22-33(27)40(38)41-39(34)35;1-2-12-25(13-3-1)37-30-17-7-9-19-32(30)38(33-20-10-8-18-31(33)37)26-22-23-36-35(24-26)39-29-16-6-4-14-27(29)28-15-5-11-21-34(28)40(39)41-36/h2*1-24H. The van der Waals surface area contributed by atoms with Crippen LogP contribution < -0.4 is 0 Å². The molecule has 82 heavy (non-hydrogen) atoms. The molecule has 0 aliphatic rings. The van der Waals surface area contributed by atoms with Gasteiger partial charge in [0.05, 0.1) is 0 Å². The molecule has 16 aromatic carbocycles. The van der Waals surface area contributed by atoms with Crippen molar-refractivity contribution in [2.24, 2.45) is 0 Å². The number of hydrogen-bond acceptors (Lipinski definition) is 2. The van der Waals surface area contributed by atoms with Crippen molar-refractivity contribution < 1.29 is 8.83 Å². The first-order valence-corrected chi connectivity index (χ1v) is 28.2. The summed E-state index contributed by atoms with van der Waals surface area (Å²) < 4.78 is 13.6. The van der Waals surface area contributed by atoms with E-state index in [1.165, 1.54) is 125 Å². The van der Waals surface area contributed by atoms with Gasteiger partial charge < -0.3 is 8.83 Å². The molecular weight excluding hydrogens is 993 g/mol. The van der Waals surface area contributed by atoms with E-state index < -0.39 is 0 Å². The van der Waals surface area contributed by atoms with E-state index in [2.05, 4.69) is 291 Å². The number of fused-ring (bicyclic) bond motifs is 20. The van der Waals surface area contributed by atoms with Gasteiger partial charge in [-0.1, -0.05) is 279 Å². The molecule has 2 heterocycles. The summed E-state index contributed by atoms with van der Waals surface area (Å²) in [7, 11) is 0. The number of para-hydroxylation sites is 1. The molecule has 0 saturated heterocycles. The van der Waals surface area contributed by atoms with Crippen molar-refractivity contribution in [3.05, 3.63) is 291 Å². The van der Waals surface area contributed by atoms with Crippen LogP contribution in [0.1, 0.15) is 0 Å².